The molecule has 1 aromatic carbocycles. The van der Waals surface area contributed by atoms with Crippen molar-refractivity contribution in [2.24, 2.45) is 0 Å². The fourth-order valence-corrected chi connectivity index (χ4v) is 3.75. The Morgan fingerprint density at radius 2 is 2.06 bits per heavy atom. The van der Waals surface area contributed by atoms with Crippen molar-refractivity contribution in [1.82, 2.24) is 4.90 Å². The van der Waals surface area contributed by atoms with Gasteiger partial charge in [0.2, 0.25) is 0 Å². The Bertz CT molecular complexity index is 572. The largest absolute Gasteiger partial charge is 0.298 e. The number of hydrogen-bond donors (Lipinski definition) is 0. The molecule has 2 nitrogen and oxygen atoms in total. The van der Waals surface area contributed by atoms with Crippen molar-refractivity contribution in [3.63, 3.8) is 0 Å². The monoisotopic (exact) mass is 257 g/mol. The molecular weight excluding hydrogens is 242 g/mol. The number of allylic oxidation sites excluding steroid dienone is 2. The molecule has 0 N–H and O–H groups in total. The van der Waals surface area contributed by atoms with Crippen LogP contribution in [0.25, 0.3) is 0 Å². The second-order valence-corrected chi connectivity index (χ2v) is 5.87. The maximum absolute atomic E-state index is 12.1. The molecule has 0 aromatic heterocycles. The average molecular weight is 257 g/mol. The molecule has 3 heteroatoms. The highest BCUT2D eigenvalue weighted by Crippen LogP contribution is 2.47. The molecule has 1 aliphatic heterocycles. The molecule has 0 saturated heterocycles. The zero-order chi connectivity index (χ0) is 12.7. The Morgan fingerprint density at radius 1 is 1.28 bits per heavy atom. The van der Waals surface area contributed by atoms with E-state index in [1.807, 2.05) is 12.1 Å². The lowest BCUT2D eigenvalue weighted by molar-refractivity contribution is -0.114. The van der Waals surface area contributed by atoms with Crippen LogP contribution >= 0.6 is 11.8 Å². The van der Waals surface area contributed by atoms with E-state index in [-0.39, 0.29) is 11.8 Å². The molecule has 1 heterocycles. The van der Waals surface area contributed by atoms with Crippen LogP contribution in [0.1, 0.15) is 18.0 Å². The zero-order valence-electron chi connectivity index (χ0n) is 10.5. The molecule has 0 fully saturated rings. The van der Waals surface area contributed by atoms with E-state index in [2.05, 4.69) is 43.3 Å². The maximum Gasteiger partial charge on any atom is 0.173 e. The van der Waals surface area contributed by atoms with Crippen LogP contribution in [0, 0.1) is 0 Å². The van der Waals surface area contributed by atoms with Gasteiger partial charge in [0.05, 0.1) is 10.9 Å². The summed E-state index contributed by atoms with van der Waals surface area (Å²) in [5.74, 6) is 0.249. The number of thioether (sulfide) groups is 1. The van der Waals surface area contributed by atoms with Gasteiger partial charge in [0.15, 0.2) is 5.78 Å². The zero-order valence-corrected chi connectivity index (χ0v) is 11.3. The van der Waals surface area contributed by atoms with E-state index in [1.54, 1.807) is 11.8 Å². The number of rotatable bonds is 1. The third-order valence-electron chi connectivity index (χ3n) is 3.35. The quantitative estimate of drug-likeness (QED) is 0.770. The van der Waals surface area contributed by atoms with E-state index in [0.29, 0.717) is 6.42 Å². The number of nitrogens with zero attached hydrogens (tertiary/aromatic N) is 1. The Hall–Kier alpha value is -1.32. The van der Waals surface area contributed by atoms with E-state index in [4.69, 9.17) is 0 Å². The van der Waals surface area contributed by atoms with Crippen molar-refractivity contribution < 1.29 is 4.79 Å². The van der Waals surface area contributed by atoms with E-state index < -0.39 is 0 Å². The van der Waals surface area contributed by atoms with Crippen LogP contribution in [0.3, 0.4) is 0 Å². The van der Waals surface area contributed by atoms with E-state index >= 15 is 0 Å². The number of Topliss-reactive ketones (excluding diaryl/α,β-unsaturated/α-hetero) is 1. The summed E-state index contributed by atoms with van der Waals surface area (Å²) in [6.45, 7) is 0. The van der Waals surface area contributed by atoms with Gasteiger partial charge < -0.3 is 0 Å². The van der Waals surface area contributed by atoms with Gasteiger partial charge in [-0.1, -0.05) is 42.1 Å². The third-order valence-corrected chi connectivity index (χ3v) is 4.61. The number of benzene rings is 1. The van der Waals surface area contributed by atoms with Crippen LogP contribution in [-0.2, 0) is 4.79 Å². The molecule has 18 heavy (non-hydrogen) atoms. The molecule has 0 saturated carbocycles. The summed E-state index contributed by atoms with van der Waals surface area (Å²) in [6, 6.07) is 8.55. The highest BCUT2D eigenvalue weighted by molar-refractivity contribution is 8.04. The maximum atomic E-state index is 12.1. The topological polar surface area (TPSA) is 20.3 Å². The van der Waals surface area contributed by atoms with Crippen molar-refractivity contribution in [3.05, 3.63) is 52.5 Å². The third kappa shape index (κ3) is 1.74. The number of ketones is 1. The number of likely N-dealkylation sites (N-methyl/N-ethyl adjacent to an activating group) is 1. The first kappa shape index (κ1) is 11.8. The fourth-order valence-electron chi connectivity index (χ4n) is 2.59. The fraction of sp³-hybridized carbons (Fsp3) is 0.267. The normalized spacial score (nSPS) is 22.2. The molecule has 1 atom stereocenters. The summed E-state index contributed by atoms with van der Waals surface area (Å²) in [5.41, 5.74) is 2.45. The van der Waals surface area contributed by atoms with Crippen LogP contribution < -0.4 is 0 Å². The van der Waals surface area contributed by atoms with Gasteiger partial charge in [0.1, 0.15) is 0 Å². The molecule has 1 unspecified atom stereocenters. The Labute approximate surface area is 111 Å². The lowest BCUT2D eigenvalue weighted by Crippen LogP contribution is -2.26. The lowest BCUT2D eigenvalue weighted by Gasteiger charge is -2.34. The van der Waals surface area contributed by atoms with E-state index in [1.165, 1.54) is 10.5 Å². The van der Waals surface area contributed by atoms with Crippen molar-refractivity contribution in [1.29, 1.82) is 0 Å². The van der Waals surface area contributed by atoms with Gasteiger partial charge >= 0.3 is 0 Å². The summed E-state index contributed by atoms with van der Waals surface area (Å²) in [6.07, 6.45) is 4.63. The summed E-state index contributed by atoms with van der Waals surface area (Å²) in [7, 11) is 4.13. The number of carbonyl (C=O) groups excluding carboxylic acids is 1. The highest BCUT2D eigenvalue weighted by Gasteiger charge is 2.32. The SMILES string of the molecule is CN(C)C1C2=C(Sc3ccccc31)C(=O)CC=C2. The van der Waals surface area contributed by atoms with E-state index in [0.717, 1.165) is 10.5 Å². The summed E-state index contributed by atoms with van der Waals surface area (Å²) in [5, 5.41) is 0. The summed E-state index contributed by atoms with van der Waals surface area (Å²) < 4.78 is 0. The first-order valence-corrected chi connectivity index (χ1v) is 6.87. The van der Waals surface area contributed by atoms with Crippen LogP contribution in [0.15, 0.2) is 51.8 Å². The minimum Gasteiger partial charge on any atom is -0.298 e. The standard InChI is InChI=1S/C15H15NOS/c1-16(2)14-10-6-3-4-9-13(10)18-15-11(14)7-5-8-12(15)17/h3-7,9,14H,8H2,1-2H3. The van der Waals surface area contributed by atoms with E-state index in [9.17, 15) is 4.79 Å². The van der Waals surface area contributed by atoms with Crippen LogP contribution in [-0.4, -0.2) is 24.8 Å². The summed E-state index contributed by atoms with van der Waals surface area (Å²) in [4.78, 5) is 16.4. The molecule has 0 bridgehead atoms. The van der Waals surface area contributed by atoms with Gasteiger partial charge in [0, 0.05) is 11.3 Å². The van der Waals surface area contributed by atoms with Crippen LogP contribution in [0.2, 0.25) is 0 Å². The molecule has 92 valence electrons. The number of hydrogen-bond acceptors (Lipinski definition) is 3. The molecule has 0 amide bonds. The first-order chi connectivity index (χ1) is 8.68. The predicted molar refractivity (Wildman–Crippen MR) is 74.5 cm³/mol. The molecule has 2 aliphatic rings. The van der Waals surface area contributed by atoms with Crippen molar-refractivity contribution in [2.75, 3.05) is 14.1 Å². The highest BCUT2D eigenvalue weighted by atomic mass is 32.2. The predicted octanol–water partition coefficient (Wildman–Crippen LogP) is 3.18. The van der Waals surface area contributed by atoms with Crippen molar-refractivity contribution in [3.8, 4) is 0 Å². The molecule has 1 aliphatic carbocycles. The number of fused-ring (bicyclic) bond motifs is 1. The van der Waals surface area contributed by atoms with Gasteiger partial charge in [-0.3, -0.25) is 9.69 Å². The Balaban J connectivity index is 2.19. The first-order valence-electron chi connectivity index (χ1n) is 6.05. The van der Waals surface area contributed by atoms with Gasteiger partial charge in [-0.2, -0.15) is 0 Å². The molecule has 1 aromatic rings. The minimum atomic E-state index is 0.193. The molecule has 0 spiro atoms. The van der Waals surface area contributed by atoms with Crippen LogP contribution in [0.5, 0.6) is 0 Å². The van der Waals surface area contributed by atoms with Gasteiger partial charge in [0.25, 0.3) is 0 Å². The van der Waals surface area contributed by atoms with Gasteiger partial charge in [-0.15, -0.1) is 0 Å². The van der Waals surface area contributed by atoms with Crippen LogP contribution in [0.4, 0.5) is 0 Å². The Kier molecular flexibility index (Phi) is 2.88. The molecule has 3 rings (SSSR count). The summed E-state index contributed by atoms with van der Waals surface area (Å²) >= 11 is 1.62. The second-order valence-electron chi connectivity index (χ2n) is 4.82. The van der Waals surface area contributed by atoms with Crippen molar-refractivity contribution in [2.45, 2.75) is 17.4 Å². The van der Waals surface area contributed by atoms with Gasteiger partial charge in [-0.05, 0) is 31.3 Å². The van der Waals surface area contributed by atoms with Crippen molar-refractivity contribution >= 4 is 17.5 Å². The average Bonchev–Trinajstić information content (AvgIpc) is 2.36. The molecule has 0 radical (unpaired) electrons. The second kappa shape index (κ2) is 4.41. The molecular formula is C15H15NOS. The van der Waals surface area contributed by atoms with Gasteiger partial charge in [-0.25, -0.2) is 0 Å². The Morgan fingerprint density at radius 3 is 2.83 bits per heavy atom. The lowest BCUT2D eigenvalue weighted by atomic mass is 9.92. The smallest absolute Gasteiger partial charge is 0.173 e. The minimum absolute atomic E-state index is 0.193. The number of carbonyl (C=O) groups is 1.